The van der Waals surface area contributed by atoms with Gasteiger partial charge in [-0.25, -0.2) is 0 Å². The van der Waals surface area contributed by atoms with E-state index in [-0.39, 0.29) is 5.69 Å². The third-order valence-corrected chi connectivity index (χ3v) is 2.75. The fraction of sp³-hybridized carbons (Fsp3) is 0. The minimum Gasteiger partial charge on any atom is -0.431 e. The van der Waals surface area contributed by atoms with Crippen molar-refractivity contribution in [2.75, 3.05) is 0 Å². The van der Waals surface area contributed by atoms with Crippen molar-refractivity contribution in [3.63, 3.8) is 0 Å². The van der Waals surface area contributed by atoms with Gasteiger partial charge in [-0.1, -0.05) is 22.9 Å². The van der Waals surface area contributed by atoms with Gasteiger partial charge in [0.2, 0.25) is 0 Å². The lowest BCUT2D eigenvalue weighted by Gasteiger charge is -1.99. The van der Waals surface area contributed by atoms with Crippen LogP contribution in [0.3, 0.4) is 0 Å². The molecule has 0 atom stereocenters. The molecule has 0 saturated carbocycles. The summed E-state index contributed by atoms with van der Waals surface area (Å²) in [6.07, 6.45) is 0. The van der Waals surface area contributed by atoms with Crippen LogP contribution in [0.5, 0.6) is 10.9 Å². The zero-order valence-corrected chi connectivity index (χ0v) is 9.36. The average Bonchev–Trinajstić information content (AvgIpc) is 2.65. The monoisotopic (exact) mass is 256 g/mol. The molecule has 2 rings (SSSR count). The van der Waals surface area contributed by atoms with Crippen molar-refractivity contribution in [2.45, 2.75) is 0 Å². The van der Waals surface area contributed by atoms with Gasteiger partial charge in [0.1, 0.15) is 10.9 Å². The molecule has 1 heterocycles. The van der Waals surface area contributed by atoms with Gasteiger partial charge in [0, 0.05) is 17.5 Å². The predicted molar refractivity (Wildman–Crippen MR) is 60.3 cm³/mol. The standard InChI is InChI=1S/C9H5ClN2O3S/c10-8-5-16-9(11-8)15-7-3-1-6(2-4-7)12(13)14/h1-5H. The Balaban J connectivity index is 2.14. The second kappa shape index (κ2) is 4.46. The minimum atomic E-state index is -0.468. The zero-order valence-electron chi connectivity index (χ0n) is 7.79. The molecule has 1 aromatic heterocycles. The highest BCUT2D eigenvalue weighted by Crippen LogP contribution is 2.27. The maximum absolute atomic E-state index is 10.4. The van der Waals surface area contributed by atoms with Crippen molar-refractivity contribution in [3.05, 3.63) is 44.9 Å². The number of nitro groups is 1. The third kappa shape index (κ3) is 2.47. The van der Waals surface area contributed by atoms with Crippen LogP contribution >= 0.6 is 22.9 Å². The Hall–Kier alpha value is -1.66. The molecule has 1 aromatic carbocycles. The predicted octanol–water partition coefficient (Wildman–Crippen LogP) is 3.50. The topological polar surface area (TPSA) is 65.3 Å². The first kappa shape index (κ1) is 10.8. The second-order valence-electron chi connectivity index (χ2n) is 2.79. The van der Waals surface area contributed by atoms with Gasteiger partial charge in [0.15, 0.2) is 0 Å². The maximum atomic E-state index is 10.4. The second-order valence-corrected chi connectivity index (χ2v) is 4.00. The van der Waals surface area contributed by atoms with Gasteiger partial charge in [-0.2, -0.15) is 4.98 Å². The smallest absolute Gasteiger partial charge is 0.280 e. The highest BCUT2D eigenvalue weighted by molar-refractivity contribution is 7.11. The summed E-state index contributed by atoms with van der Waals surface area (Å²) < 4.78 is 5.33. The van der Waals surface area contributed by atoms with Crippen molar-refractivity contribution in [1.29, 1.82) is 0 Å². The number of nitrogens with zero attached hydrogens (tertiary/aromatic N) is 2. The van der Waals surface area contributed by atoms with E-state index in [0.717, 1.165) is 0 Å². The molecule has 0 fully saturated rings. The molecule has 0 aliphatic carbocycles. The Bertz CT molecular complexity index is 512. The molecule has 0 saturated heterocycles. The number of non-ortho nitro benzene ring substituents is 1. The van der Waals surface area contributed by atoms with Gasteiger partial charge in [0.25, 0.3) is 10.9 Å². The fourth-order valence-electron chi connectivity index (χ4n) is 1.02. The first-order valence-electron chi connectivity index (χ1n) is 4.18. The Morgan fingerprint density at radius 2 is 2.06 bits per heavy atom. The number of rotatable bonds is 3. The zero-order chi connectivity index (χ0) is 11.5. The molecule has 0 spiro atoms. The first-order chi connectivity index (χ1) is 7.65. The fourth-order valence-corrected chi connectivity index (χ4v) is 1.83. The lowest BCUT2D eigenvalue weighted by Crippen LogP contribution is -1.88. The van der Waals surface area contributed by atoms with E-state index in [0.29, 0.717) is 16.1 Å². The summed E-state index contributed by atoms with van der Waals surface area (Å²) in [5.41, 5.74) is 0.0181. The molecule has 16 heavy (non-hydrogen) atoms. The van der Waals surface area contributed by atoms with E-state index in [1.807, 2.05) is 0 Å². The van der Waals surface area contributed by atoms with Crippen molar-refractivity contribution >= 4 is 28.6 Å². The van der Waals surface area contributed by atoms with Crippen LogP contribution in [-0.4, -0.2) is 9.91 Å². The summed E-state index contributed by atoms with van der Waals surface area (Å²) in [6, 6.07) is 5.75. The van der Waals surface area contributed by atoms with Crippen LogP contribution in [0.4, 0.5) is 5.69 Å². The molecule has 0 amide bonds. The summed E-state index contributed by atoms with van der Waals surface area (Å²) in [5, 5.41) is 12.8. The molecular formula is C9H5ClN2O3S. The van der Waals surface area contributed by atoms with Crippen molar-refractivity contribution < 1.29 is 9.66 Å². The molecule has 0 radical (unpaired) electrons. The van der Waals surface area contributed by atoms with Crippen LogP contribution in [0, 0.1) is 10.1 Å². The number of thiazole rings is 1. The van der Waals surface area contributed by atoms with Crippen molar-refractivity contribution in [2.24, 2.45) is 0 Å². The molecule has 5 nitrogen and oxygen atoms in total. The highest BCUT2D eigenvalue weighted by Gasteiger charge is 2.06. The summed E-state index contributed by atoms with van der Waals surface area (Å²) in [5.74, 6) is 0.483. The number of hydrogen-bond donors (Lipinski definition) is 0. The largest absolute Gasteiger partial charge is 0.431 e. The van der Waals surface area contributed by atoms with E-state index in [4.69, 9.17) is 16.3 Å². The molecule has 82 valence electrons. The van der Waals surface area contributed by atoms with Gasteiger partial charge < -0.3 is 4.74 Å². The quantitative estimate of drug-likeness (QED) is 0.623. The van der Waals surface area contributed by atoms with E-state index < -0.39 is 4.92 Å². The van der Waals surface area contributed by atoms with Gasteiger partial charge in [0.05, 0.1) is 4.92 Å². The number of hydrogen-bond acceptors (Lipinski definition) is 5. The van der Waals surface area contributed by atoms with Gasteiger partial charge >= 0.3 is 0 Å². The number of halogens is 1. The highest BCUT2D eigenvalue weighted by atomic mass is 35.5. The molecule has 0 N–H and O–H groups in total. The third-order valence-electron chi connectivity index (χ3n) is 1.71. The van der Waals surface area contributed by atoms with Gasteiger partial charge in [-0.15, -0.1) is 0 Å². The molecule has 0 aliphatic rings. The molecular weight excluding hydrogens is 252 g/mol. The number of aromatic nitrogens is 1. The normalized spacial score (nSPS) is 10.1. The number of benzene rings is 1. The van der Waals surface area contributed by atoms with Crippen LogP contribution < -0.4 is 4.74 Å². The first-order valence-corrected chi connectivity index (χ1v) is 5.44. The van der Waals surface area contributed by atoms with E-state index in [1.54, 1.807) is 5.38 Å². The summed E-state index contributed by atoms with van der Waals surface area (Å²) in [4.78, 5) is 13.8. The Morgan fingerprint density at radius 3 is 2.56 bits per heavy atom. The SMILES string of the molecule is O=[N+]([O-])c1ccc(Oc2nc(Cl)cs2)cc1. The Kier molecular flexibility index (Phi) is 3.02. The van der Waals surface area contributed by atoms with Gasteiger partial charge in [-0.3, -0.25) is 10.1 Å². The van der Waals surface area contributed by atoms with Crippen LogP contribution in [0.1, 0.15) is 0 Å². The van der Waals surface area contributed by atoms with E-state index in [2.05, 4.69) is 4.98 Å². The van der Waals surface area contributed by atoms with Crippen LogP contribution in [-0.2, 0) is 0 Å². The van der Waals surface area contributed by atoms with Crippen LogP contribution in [0.15, 0.2) is 29.6 Å². The van der Waals surface area contributed by atoms with E-state index in [1.165, 1.54) is 35.6 Å². The molecule has 0 bridgehead atoms. The average molecular weight is 257 g/mol. The number of nitro benzene ring substituents is 1. The summed E-state index contributed by atoms with van der Waals surface area (Å²) in [6.45, 7) is 0. The van der Waals surface area contributed by atoms with Gasteiger partial charge in [-0.05, 0) is 12.1 Å². The molecule has 7 heteroatoms. The lowest BCUT2D eigenvalue weighted by atomic mass is 10.3. The Labute approximate surface area is 99.4 Å². The van der Waals surface area contributed by atoms with Crippen LogP contribution in [0.25, 0.3) is 0 Å². The lowest BCUT2D eigenvalue weighted by molar-refractivity contribution is -0.384. The summed E-state index contributed by atoms with van der Waals surface area (Å²) in [7, 11) is 0. The minimum absolute atomic E-state index is 0.0181. The molecule has 2 aromatic rings. The Morgan fingerprint density at radius 1 is 1.38 bits per heavy atom. The molecule has 0 unspecified atom stereocenters. The van der Waals surface area contributed by atoms with Crippen molar-refractivity contribution in [1.82, 2.24) is 4.98 Å². The summed E-state index contributed by atoms with van der Waals surface area (Å²) >= 11 is 6.88. The van der Waals surface area contributed by atoms with E-state index >= 15 is 0 Å². The van der Waals surface area contributed by atoms with E-state index in [9.17, 15) is 10.1 Å². The molecule has 0 aliphatic heterocycles. The maximum Gasteiger partial charge on any atom is 0.280 e. The number of ether oxygens (including phenoxy) is 1. The van der Waals surface area contributed by atoms with Crippen molar-refractivity contribution in [3.8, 4) is 10.9 Å². The van der Waals surface area contributed by atoms with Crippen LogP contribution in [0.2, 0.25) is 5.15 Å².